The third kappa shape index (κ3) is 3.51. The maximum atomic E-state index is 10.0. The number of carbonyl (C=O) groups is 1. The van der Waals surface area contributed by atoms with E-state index in [9.17, 15) is 4.79 Å². The third-order valence-electron chi connectivity index (χ3n) is 2.39. The van der Waals surface area contributed by atoms with Crippen LogP contribution < -0.4 is 5.32 Å². The van der Waals surface area contributed by atoms with Gasteiger partial charge >= 0.3 is 0 Å². The van der Waals surface area contributed by atoms with E-state index in [2.05, 4.69) is 5.32 Å². The second-order valence-electron chi connectivity index (χ2n) is 3.29. The molecule has 1 aliphatic rings. The van der Waals surface area contributed by atoms with E-state index < -0.39 is 0 Å². The molecule has 64 valence electrons. The molecule has 1 heterocycles. The van der Waals surface area contributed by atoms with Gasteiger partial charge in [0.15, 0.2) is 0 Å². The molecular formula is C9H17NO. The molecule has 1 saturated heterocycles. The van der Waals surface area contributed by atoms with Gasteiger partial charge in [0, 0.05) is 6.42 Å². The van der Waals surface area contributed by atoms with Crippen LogP contribution in [0.4, 0.5) is 0 Å². The molecule has 0 aliphatic carbocycles. The van der Waals surface area contributed by atoms with Crippen molar-refractivity contribution < 1.29 is 4.79 Å². The van der Waals surface area contributed by atoms with Crippen LogP contribution in [0.2, 0.25) is 0 Å². The molecule has 0 radical (unpaired) electrons. The third-order valence-corrected chi connectivity index (χ3v) is 2.39. The minimum atomic E-state index is 0.754. The molecule has 0 aromatic rings. The van der Waals surface area contributed by atoms with Crippen molar-refractivity contribution in [2.24, 2.45) is 5.92 Å². The highest BCUT2D eigenvalue weighted by molar-refractivity contribution is 5.48. The summed E-state index contributed by atoms with van der Waals surface area (Å²) in [5, 5.41) is 3.34. The van der Waals surface area contributed by atoms with Crippen LogP contribution in [0.1, 0.15) is 32.1 Å². The molecule has 0 saturated carbocycles. The van der Waals surface area contributed by atoms with Gasteiger partial charge in [-0.05, 0) is 44.7 Å². The zero-order valence-corrected chi connectivity index (χ0v) is 7.01. The Morgan fingerprint density at radius 3 is 2.73 bits per heavy atom. The molecule has 1 rings (SSSR count). The van der Waals surface area contributed by atoms with Gasteiger partial charge in [0.25, 0.3) is 0 Å². The van der Waals surface area contributed by atoms with E-state index in [0.717, 1.165) is 25.0 Å². The van der Waals surface area contributed by atoms with Gasteiger partial charge in [-0.25, -0.2) is 0 Å². The molecule has 2 heteroatoms. The highest BCUT2D eigenvalue weighted by Crippen LogP contribution is 2.17. The highest BCUT2D eigenvalue weighted by Gasteiger charge is 2.11. The number of carbonyl (C=O) groups excluding carboxylic acids is 1. The average molecular weight is 155 g/mol. The normalized spacial score (nSPS) is 20.0. The molecule has 0 bridgehead atoms. The maximum Gasteiger partial charge on any atom is 0.119 e. The van der Waals surface area contributed by atoms with E-state index in [1.165, 1.54) is 32.4 Å². The second kappa shape index (κ2) is 5.30. The summed E-state index contributed by atoms with van der Waals surface area (Å²) in [6.45, 7) is 2.34. The smallest absolute Gasteiger partial charge is 0.119 e. The number of aldehydes is 1. The van der Waals surface area contributed by atoms with Crippen molar-refractivity contribution in [1.29, 1.82) is 0 Å². The first-order valence-corrected chi connectivity index (χ1v) is 4.58. The minimum absolute atomic E-state index is 0.754. The summed E-state index contributed by atoms with van der Waals surface area (Å²) >= 11 is 0. The Balaban J connectivity index is 2.00. The number of nitrogens with one attached hydrogen (secondary N) is 1. The number of unbranched alkanes of at least 4 members (excludes halogenated alkanes) is 1. The topological polar surface area (TPSA) is 29.1 Å². The minimum Gasteiger partial charge on any atom is -0.317 e. The van der Waals surface area contributed by atoms with Crippen LogP contribution in [0.25, 0.3) is 0 Å². The van der Waals surface area contributed by atoms with Crippen LogP contribution >= 0.6 is 0 Å². The summed E-state index contributed by atoms with van der Waals surface area (Å²) in [5.41, 5.74) is 0. The predicted octanol–water partition coefficient (Wildman–Crippen LogP) is 1.36. The van der Waals surface area contributed by atoms with E-state index in [4.69, 9.17) is 0 Å². The van der Waals surface area contributed by atoms with Gasteiger partial charge in [0.1, 0.15) is 6.29 Å². The van der Waals surface area contributed by atoms with Crippen LogP contribution in [0, 0.1) is 5.92 Å². The number of hydrogen-bond donors (Lipinski definition) is 1. The molecule has 0 amide bonds. The van der Waals surface area contributed by atoms with Crippen molar-refractivity contribution in [3.8, 4) is 0 Å². The predicted molar refractivity (Wildman–Crippen MR) is 45.5 cm³/mol. The Labute approximate surface area is 68.4 Å². The van der Waals surface area contributed by atoms with Crippen molar-refractivity contribution in [3.05, 3.63) is 0 Å². The molecule has 0 spiro atoms. The lowest BCUT2D eigenvalue weighted by Gasteiger charge is -2.21. The summed E-state index contributed by atoms with van der Waals surface area (Å²) in [6, 6.07) is 0. The SMILES string of the molecule is O=CCCCC1CCNCC1. The number of rotatable bonds is 4. The van der Waals surface area contributed by atoms with E-state index in [1.54, 1.807) is 0 Å². The van der Waals surface area contributed by atoms with Crippen molar-refractivity contribution in [2.45, 2.75) is 32.1 Å². The Hall–Kier alpha value is -0.370. The Morgan fingerprint density at radius 1 is 1.36 bits per heavy atom. The lowest BCUT2D eigenvalue weighted by atomic mass is 9.93. The lowest BCUT2D eigenvalue weighted by molar-refractivity contribution is -0.108. The summed E-state index contributed by atoms with van der Waals surface area (Å²) in [5.74, 6) is 0.885. The first-order chi connectivity index (χ1) is 5.43. The van der Waals surface area contributed by atoms with Gasteiger partial charge < -0.3 is 10.1 Å². The lowest BCUT2D eigenvalue weighted by Crippen LogP contribution is -2.27. The quantitative estimate of drug-likeness (QED) is 0.490. The first-order valence-electron chi connectivity index (χ1n) is 4.58. The van der Waals surface area contributed by atoms with Crippen LogP contribution in [0.15, 0.2) is 0 Å². The van der Waals surface area contributed by atoms with Crippen molar-refractivity contribution in [3.63, 3.8) is 0 Å². The van der Waals surface area contributed by atoms with E-state index in [0.29, 0.717) is 0 Å². The van der Waals surface area contributed by atoms with Gasteiger partial charge in [-0.2, -0.15) is 0 Å². The average Bonchev–Trinajstić information content (AvgIpc) is 2.07. The van der Waals surface area contributed by atoms with Gasteiger partial charge in [-0.1, -0.05) is 0 Å². The van der Waals surface area contributed by atoms with Crippen molar-refractivity contribution >= 4 is 6.29 Å². The van der Waals surface area contributed by atoms with E-state index >= 15 is 0 Å². The Bertz CT molecular complexity index is 108. The zero-order chi connectivity index (χ0) is 7.94. The fraction of sp³-hybridized carbons (Fsp3) is 0.889. The summed E-state index contributed by atoms with van der Waals surface area (Å²) in [6.07, 6.45) is 6.73. The maximum absolute atomic E-state index is 10.0. The number of piperidine rings is 1. The van der Waals surface area contributed by atoms with E-state index in [-0.39, 0.29) is 0 Å². The fourth-order valence-corrected chi connectivity index (χ4v) is 1.66. The fourth-order valence-electron chi connectivity index (χ4n) is 1.66. The Kier molecular flexibility index (Phi) is 4.21. The molecule has 1 fully saturated rings. The van der Waals surface area contributed by atoms with Gasteiger partial charge in [0.2, 0.25) is 0 Å². The number of hydrogen-bond acceptors (Lipinski definition) is 2. The highest BCUT2D eigenvalue weighted by atomic mass is 16.1. The summed E-state index contributed by atoms with van der Waals surface area (Å²) in [4.78, 5) is 10.0. The molecule has 1 N–H and O–H groups in total. The largest absolute Gasteiger partial charge is 0.317 e. The molecule has 0 aromatic carbocycles. The van der Waals surface area contributed by atoms with Crippen LogP contribution in [0.5, 0.6) is 0 Å². The van der Waals surface area contributed by atoms with Gasteiger partial charge in [-0.3, -0.25) is 0 Å². The Morgan fingerprint density at radius 2 is 2.09 bits per heavy atom. The summed E-state index contributed by atoms with van der Waals surface area (Å²) < 4.78 is 0. The van der Waals surface area contributed by atoms with Crippen LogP contribution in [-0.4, -0.2) is 19.4 Å². The molecule has 2 nitrogen and oxygen atoms in total. The molecular weight excluding hydrogens is 138 g/mol. The van der Waals surface area contributed by atoms with Gasteiger partial charge in [-0.15, -0.1) is 0 Å². The first kappa shape index (κ1) is 8.72. The molecule has 11 heavy (non-hydrogen) atoms. The second-order valence-corrected chi connectivity index (χ2v) is 3.29. The molecule has 1 aliphatic heterocycles. The standard InChI is InChI=1S/C9H17NO/c11-8-2-1-3-9-4-6-10-7-5-9/h8-10H,1-7H2. The van der Waals surface area contributed by atoms with Crippen molar-refractivity contribution in [2.75, 3.05) is 13.1 Å². The van der Waals surface area contributed by atoms with Gasteiger partial charge in [0.05, 0.1) is 0 Å². The van der Waals surface area contributed by atoms with Crippen molar-refractivity contribution in [1.82, 2.24) is 5.32 Å². The molecule has 0 aromatic heterocycles. The zero-order valence-electron chi connectivity index (χ0n) is 7.01. The molecule has 0 unspecified atom stereocenters. The van der Waals surface area contributed by atoms with E-state index in [1.807, 2.05) is 0 Å². The summed E-state index contributed by atoms with van der Waals surface area (Å²) in [7, 11) is 0. The monoisotopic (exact) mass is 155 g/mol. The molecule has 0 atom stereocenters. The van der Waals surface area contributed by atoms with Crippen LogP contribution in [0.3, 0.4) is 0 Å². The van der Waals surface area contributed by atoms with Crippen LogP contribution in [-0.2, 0) is 4.79 Å².